The molecule has 0 N–H and O–H groups in total. The molecule has 6 heteroatoms. The largest absolute Gasteiger partial charge is 0.448 e. The van der Waals surface area contributed by atoms with Gasteiger partial charge in [0, 0.05) is 37.6 Å². The number of ether oxygens (including phenoxy) is 1. The monoisotopic (exact) mass is 332 g/mol. The number of nitrogens with zero attached hydrogens (tertiary/aromatic N) is 2. The number of carbonyl (C=O) groups is 1. The smallest absolute Gasteiger partial charge is 0.289 e. The van der Waals surface area contributed by atoms with Crippen LogP contribution in [0.3, 0.4) is 0 Å². The summed E-state index contributed by atoms with van der Waals surface area (Å²) in [7, 11) is 0. The number of rotatable bonds is 2. The van der Waals surface area contributed by atoms with Gasteiger partial charge in [-0.15, -0.1) is 0 Å². The van der Waals surface area contributed by atoms with Crippen molar-refractivity contribution in [1.82, 2.24) is 9.80 Å². The highest BCUT2D eigenvalue weighted by Gasteiger charge is 2.37. The van der Waals surface area contributed by atoms with Crippen LogP contribution in [0.15, 0.2) is 28.7 Å². The van der Waals surface area contributed by atoms with Crippen LogP contribution in [0, 0.1) is 11.7 Å². The normalized spacial score (nSPS) is 25.5. The summed E-state index contributed by atoms with van der Waals surface area (Å²) in [6.45, 7) is 6.87. The lowest BCUT2D eigenvalue weighted by Gasteiger charge is -2.33. The highest BCUT2D eigenvalue weighted by atomic mass is 19.1. The number of fused-ring (bicyclic) bond motifs is 1. The number of carbonyl (C=O) groups excluding carboxylic acids is 1. The van der Waals surface area contributed by atoms with Gasteiger partial charge in [-0.25, -0.2) is 4.39 Å². The second-order valence-electron chi connectivity index (χ2n) is 6.67. The van der Waals surface area contributed by atoms with E-state index in [1.165, 1.54) is 6.07 Å². The maximum Gasteiger partial charge on any atom is 0.289 e. The lowest BCUT2D eigenvalue weighted by atomic mass is 10.0. The van der Waals surface area contributed by atoms with Crippen molar-refractivity contribution >= 4 is 16.9 Å². The molecule has 24 heavy (non-hydrogen) atoms. The zero-order chi connectivity index (χ0) is 16.7. The Morgan fingerprint density at radius 1 is 1.25 bits per heavy atom. The van der Waals surface area contributed by atoms with Crippen LogP contribution >= 0.6 is 0 Å². The molecule has 0 spiro atoms. The summed E-state index contributed by atoms with van der Waals surface area (Å²) in [6.07, 6.45) is 0. The van der Waals surface area contributed by atoms with Crippen LogP contribution in [0.5, 0.6) is 0 Å². The Morgan fingerprint density at radius 2 is 2.04 bits per heavy atom. The van der Waals surface area contributed by atoms with E-state index in [4.69, 9.17) is 9.15 Å². The molecular weight excluding hydrogens is 311 g/mol. The third kappa shape index (κ3) is 2.70. The van der Waals surface area contributed by atoms with Crippen molar-refractivity contribution in [3.8, 4) is 0 Å². The van der Waals surface area contributed by atoms with Crippen molar-refractivity contribution in [2.24, 2.45) is 5.92 Å². The minimum Gasteiger partial charge on any atom is -0.448 e. The van der Waals surface area contributed by atoms with Gasteiger partial charge in [0.15, 0.2) is 17.2 Å². The molecule has 0 radical (unpaired) electrons. The molecule has 1 amide bonds. The standard InChI is InChI=1S/C18H21FN2O3/c1-12-10-21(11-15(12)20-5-7-23-8-6-20)18(22)16-9-13-3-2-4-14(19)17(13)24-16/h2-4,9,12,15H,5-8,10-11H2,1H3. The number of amides is 1. The van der Waals surface area contributed by atoms with Crippen LogP contribution in [-0.4, -0.2) is 61.1 Å². The average Bonchev–Trinajstić information content (AvgIpc) is 3.20. The molecule has 2 atom stereocenters. The molecule has 2 aromatic rings. The maximum absolute atomic E-state index is 13.8. The molecule has 5 nitrogen and oxygen atoms in total. The summed E-state index contributed by atoms with van der Waals surface area (Å²) >= 11 is 0. The predicted molar refractivity (Wildman–Crippen MR) is 87.4 cm³/mol. The van der Waals surface area contributed by atoms with Gasteiger partial charge in [0.25, 0.3) is 5.91 Å². The number of para-hydroxylation sites is 1. The van der Waals surface area contributed by atoms with E-state index in [-0.39, 0.29) is 17.3 Å². The number of hydrogen-bond donors (Lipinski definition) is 0. The molecular formula is C18H21FN2O3. The third-order valence-electron chi connectivity index (χ3n) is 5.08. The zero-order valence-electron chi connectivity index (χ0n) is 13.7. The number of morpholine rings is 1. The fourth-order valence-corrected chi connectivity index (χ4v) is 3.79. The molecule has 128 valence electrons. The minimum absolute atomic E-state index is 0.151. The molecule has 3 heterocycles. The molecule has 0 saturated carbocycles. The van der Waals surface area contributed by atoms with E-state index in [1.54, 1.807) is 18.2 Å². The van der Waals surface area contributed by atoms with Crippen LogP contribution < -0.4 is 0 Å². The Kier molecular flexibility index (Phi) is 4.02. The van der Waals surface area contributed by atoms with E-state index >= 15 is 0 Å². The molecule has 0 aliphatic carbocycles. The van der Waals surface area contributed by atoms with Gasteiger partial charge in [0.05, 0.1) is 13.2 Å². The number of halogens is 1. The lowest BCUT2D eigenvalue weighted by Crippen LogP contribution is -2.47. The van der Waals surface area contributed by atoms with Crippen LogP contribution in [0.25, 0.3) is 11.0 Å². The van der Waals surface area contributed by atoms with E-state index in [9.17, 15) is 9.18 Å². The molecule has 2 aliphatic rings. The van der Waals surface area contributed by atoms with E-state index in [0.29, 0.717) is 30.4 Å². The van der Waals surface area contributed by atoms with Crippen molar-refractivity contribution in [2.75, 3.05) is 39.4 Å². The summed E-state index contributed by atoms with van der Waals surface area (Å²) in [5, 5.41) is 0.621. The first-order chi connectivity index (χ1) is 11.6. The Balaban J connectivity index is 1.52. The molecule has 2 unspecified atom stereocenters. The molecule has 2 saturated heterocycles. The maximum atomic E-state index is 13.8. The Labute approximate surface area is 140 Å². The molecule has 2 aliphatic heterocycles. The van der Waals surface area contributed by atoms with Crippen molar-refractivity contribution < 1.29 is 18.3 Å². The summed E-state index contributed by atoms with van der Waals surface area (Å²) in [6, 6.07) is 6.69. The van der Waals surface area contributed by atoms with Crippen molar-refractivity contribution in [2.45, 2.75) is 13.0 Å². The van der Waals surface area contributed by atoms with Gasteiger partial charge < -0.3 is 14.1 Å². The predicted octanol–water partition coefficient (Wildman–Crippen LogP) is 2.36. The van der Waals surface area contributed by atoms with Gasteiger partial charge >= 0.3 is 0 Å². The van der Waals surface area contributed by atoms with E-state index < -0.39 is 5.82 Å². The van der Waals surface area contributed by atoms with E-state index in [0.717, 1.165) is 26.3 Å². The highest BCUT2D eigenvalue weighted by Crippen LogP contribution is 2.27. The number of hydrogen-bond acceptors (Lipinski definition) is 4. The zero-order valence-corrected chi connectivity index (χ0v) is 13.7. The fourth-order valence-electron chi connectivity index (χ4n) is 3.79. The van der Waals surface area contributed by atoms with Gasteiger partial charge in [0.1, 0.15) is 0 Å². The summed E-state index contributed by atoms with van der Waals surface area (Å²) < 4.78 is 24.7. The Hall–Kier alpha value is -1.92. The second-order valence-corrected chi connectivity index (χ2v) is 6.67. The van der Waals surface area contributed by atoms with Crippen molar-refractivity contribution in [1.29, 1.82) is 0 Å². The van der Waals surface area contributed by atoms with Crippen LogP contribution in [0.2, 0.25) is 0 Å². The van der Waals surface area contributed by atoms with Crippen LogP contribution in [-0.2, 0) is 4.74 Å². The molecule has 4 rings (SSSR count). The van der Waals surface area contributed by atoms with Gasteiger partial charge in [0.2, 0.25) is 0 Å². The van der Waals surface area contributed by atoms with Gasteiger partial charge in [-0.1, -0.05) is 19.1 Å². The number of benzene rings is 1. The first-order valence-corrected chi connectivity index (χ1v) is 8.42. The van der Waals surface area contributed by atoms with Gasteiger partial charge in [-0.3, -0.25) is 9.69 Å². The number of furan rings is 1. The van der Waals surface area contributed by atoms with Gasteiger partial charge in [-0.2, -0.15) is 0 Å². The van der Waals surface area contributed by atoms with E-state index in [1.807, 2.05) is 4.90 Å². The van der Waals surface area contributed by atoms with Crippen LogP contribution in [0.4, 0.5) is 4.39 Å². The Bertz CT molecular complexity index is 754. The first-order valence-electron chi connectivity index (χ1n) is 8.42. The molecule has 1 aromatic heterocycles. The summed E-state index contributed by atoms with van der Waals surface area (Å²) in [5.74, 6) is 0.0128. The summed E-state index contributed by atoms with van der Waals surface area (Å²) in [4.78, 5) is 17.0. The summed E-state index contributed by atoms with van der Waals surface area (Å²) in [5.41, 5.74) is 0.151. The topological polar surface area (TPSA) is 45.9 Å². The highest BCUT2D eigenvalue weighted by molar-refractivity contribution is 5.96. The fraction of sp³-hybridized carbons (Fsp3) is 0.500. The average molecular weight is 332 g/mol. The number of likely N-dealkylation sites (tertiary alicyclic amines) is 1. The third-order valence-corrected chi connectivity index (χ3v) is 5.08. The molecule has 0 bridgehead atoms. The van der Waals surface area contributed by atoms with Crippen molar-refractivity contribution in [3.05, 3.63) is 35.8 Å². The Morgan fingerprint density at radius 3 is 2.79 bits per heavy atom. The van der Waals surface area contributed by atoms with Crippen LogP contribution in [0.1, 0.15) is 17.5 Å². The van der Waals surface area contributed by atoms with Gasteiger partial charge in [-0.05, 0) is 18.1 Å². The second kappa shape index (κ2) is 6.18. The minimum atomic E-state index is -0.437. The first kappa shape index (κ1) is 15.6. The quantitative estimate of drug-likeness (QED) is 0.847. The van der Waals surface area contributed by atoms with E-state index in [2.05, 4.69) is 11.8 Å². The lowest BCUT2D eigenvalue weighted by molar-refractivity contribution is 0.0119. The molecule has 1 aromatic carbocycles. The SMILES string of the molecule is CC1CN(C(=O)c2cc3cccc(F)c3o2)CC1N1CCOCC1. The van der Waals surface area contributed by atoms with Crippen molar-refractivity contribution in [3.63, 3.8) is 0 Å². The molecule has 2 fully saturated rings.